The zero-order chi connectivity index (χ0) is 25.3. The van der Waals surface area contributed by atoms with Gasteiger partial charge in [0.2, 0.25) is 16.9 Å². The molecule has 2 N–H and O–H groups in total. The van der Waals surface area contributed by atoms with Crippen LogP contribution in [0.2, 0.25) is 0 Å². The average Bonchev–Trinajstić information content (AvgIpc) is 3.46. The molecule has 36 heavy (non-hydrogen) atoms. The van der Waals surface area contributed by atoms with E-state index in [0.717, 1.165) is 53.2 Å². The van der Waals surface area contributed by atoms with Crippen molar-refractivity contribution in [3.63, 3.8) is 0 Å². The van der Waals surface area contributed by atoms with Crippen LogP contribution >= 0.6 is 11.3 Å². The van der Waals surface area contributed by atoms with Gasteiger partial charge in [-0.25, -0.2) is 0 Å². The van der Waals surface area contributed by atoms with E-state index in [1.165, 1.54) is 11.3 Å². The van der Waals surface area contributed by atoms with Gasteiger partial charge in [-0.1, -0.05) is 41.2 Å². The first kappa shape index (κ1) is 25.1. The lowest BCUT2D eigenvalue weighted by Gasteiger charge is -2.05. The van der Waals surface area contributed by atoms with Gasteiger partial charge in [-0.05, 0) is 56.9 Å². The van der Waals surface area contributed by atoms with Gasteiger partial charge in [-0.3, -0.25) is 19.6 Å². The van der Waals surface area contributed by atoms with E-state index in [-0.39, 0.29) is 18.4 Å². The standard InChI is InChI=1S/C25H28N8O2S/c1-17-6-5-7-19(14-17)15-22(34)26-21-11-10-20(28-29-21)8-3-4-9-24-30-31-25(36-24)27-23(35)16-33-13-12-18(2)32-33/h5-7,10-14H,3-4,8-9,15-16H2,1-2H3,(H,26,29,34)(H,27,31,35). The maximum atomic E-state index is 12.3. The van der Waals surface area contributed by atoms with Gasteiger partial charge >= 0.3 is 0 Å². The fourth-order valence-electron chi connectivity index (χ4n) is 3.60. The molecule has 0 aliphatic rings. The Bertz CT molecular complexity index is 1320. The van der Waals surface area contributed by atoms with E-state index in [2.05, 4.69) is 36.1 Å². The predicted octanol–water partition coefficient (Wildman–Crippen LogP) is 3.53. The molecular formula is C25H28N8O2S. The summed E-state index contributed by atoms with van der Waals surface area (Å²) in [6.07, 6.45) is 5.43. The van der Waals surface area contributed by atoms with Crippen molar-refractivity contribution < 1.29 is 9.59 Å². The van der Waals surface area contributed by atoms with Crippen LogP contribution in [0.1, 0.15) is 40.4 Å². The van der Waals surface area contributed by atoms with Gasteiger partial charge in [0.25, 0.3) is 0 Å². The van der Waals surface area contributed by atoms with Gasteiger partial charge in [0.1, 0.15) is 11.6 Å². The van der Waals surface area contributed by atoms with Gasteiger partial charge in [0.05, 0.1) is 17.8 Å². The number of nitrogens with zero attached hydrogens (tertiary/aromatic N) is 6. The number of aromatic nitrogens is 6. The van der Waals surface area contributed by atoms with Crippen LogP contribution in [0.25, 0.3) is 0 Å². The molecule has 0 saturated carbocycles. The zero-order valence-electron chi connectivity index (χ0n) is 20.3. The molecule has 11 heteroatoms. The Labute approximate surface area is 213 Å². The summed E-state index contributed by atoms with van der Waals surface area (Å²) in [4.78, 5) is 24.4. The lowest BCUT2D eigenvalue weighted by Crippen LogP contribution is -2.19. The SMILES string of the molecule is Cc1cccc(CC(=O)Nc2ccc(CCCCc3nnc(NC(=O)Cn4ccc(C)n4)s3)nn2)c1. The van der Waals surface area contributed by atoms with Crippen LogP contribution in [0, 0.1) is 13.8 Å². The summed E-state index contributed by atoms with van der Waals surface area (Å²) in [5, 5.41) is 27.7. The third-order valence-electron chi connectivity index (χ3n) is 5.30. The summed E-state index contributed by atoms with van der Waals surface area (Å²) in [7, 11) is 0. The summed E-state index contributed by atoms with van der Waals surface area (Å²) in [5.74, 6) is 0.142. The van der Waals surface area contributed by atoms with Crippen molar-refractivity contribution in [3.05, 3.63) is 76.2 Å². The Morgan fingerprint density at radius 1 is 0.917 bits per heavy atom. The van der Waals surface area contributed by atoms with E-state index in [4.69, 9.17) is 0 Å². The van der Waals surface area contributed by atoms with Crippen molar-refractivity contribution in [1.82, 2.24) is 30.2 Å². The third kappa shape index (κ3) is 7.77. The number of benzene rings is 1. The summed E-state index contributed by atoms with van der Waals surface area (Å²) in [5.41, 5.74) is 3.82. The van der Waals surface area contributed by atoms with Crippen molar-refractivity contribution >= 4 is 34.1 Å². The molecule has 0 aliphatic heterocycles. The van der Waals surface area contributed by atoms with Crippen LogP contribution in [-0.2, 0) is 35.4 Å². The van der Waals surface area contributed by atoms with Crippen molar-refractivity contribution in [2.24, 2.45) is 0 Å². The number of nitrogens with one attached hydrogen (secondary N) is 2. The molecule has 10 nitrogen and oxygen atoms in total. The van der Waals surface area contributed by atoms with E-state index in [9.17, 15) is 9.59 Å². The molecule has 3 heterocycles. The average molecular weight is 505 g/mol. The normalized spacial score (nSPS) is 10.8. The number of hydrogen-bond acceptors (Lipinski definition) is 8. The number of rotatable bonds is 11. The second-order valence-electron chi connectivity index (χ2n) is 8.53. The number of amides is 2. The topological polar surface area (TPSA) is 128 Å². The minimum atomic E-state index is -0.186. The number of unbranched alkanes of at least 4 members (excludes halogenated alkanes) is 1. The summed E-state index contributed by atoms with van der Waals surface area (Å²) in [6, 6.07) is 13.4. The minimum absolute atomic E-state index is 0.119. The largest absolute Gasteiger partial charge is 0.309 e. The first-order valence-corrected chi connectivity index (χ1v) is 12.5. The molecule has 0 fully saturated rings. The molecular weight excluding hydrogens is 476 g/mol. The van der Waals surface area contributed by atoms with Crippen LogP contribution in [0.4, 0.5) is 10.9 Å². The van der Waals surface area contributed by atoms with E-state index >= 15 is 0 Å². The van der Waals surface area contributed by atoms with Gasteiger partial charge in [0.15, 0.2) is 5.82 Å². The summed E-state index contributed by atoms with van der Waals surface area (Å²) in [6.45, 7) is 4.02. The monoisotopic (exact) mass is 504 g/mol. The van der Waals surface area contributed by atoms with Gasteiger partial charge in [-0.2, -0.15) is 10.2 Å². The number of aryl methyl sites for hydroxylation is 4. The first-order valence-electron chi connectivity index (χ1n) is 11.7. The molecule has 2 amide bonds. The number of carbonyl (C=O) groups is 2. The highest BCUT2D eigenvalue weighted by Crippen LogP contribution is 2.18. The Balaban J connectivity index is 1.15. The maximum Gasteiger partial charge on any atom is 0.247 e. The van der Waals surface area contributed by atoms with E-state index in [1.54, 1.807) is 16.9 Å². The van der Waals surface area contributed by atoms with Crippen LogP contribution in [-0.4, -0.2) is 42.0 Å². The predicted molar refractivity (Wildman–Crippen MR) is 138 cm³/mol. The third-order valence-corrected chi connectivity index (χ3v) is 6.20. The maximum absolute atomic E-state index is 12.3. The zero-order valence-corrected chi connectivity index (χ0v) is 21.1. The van der Waals surface area contributed by atoms with E-state index in [0.29, 0.717) is 17.4 Å². The van der Waals surface area contributed by atoms with Gasteiger partial charge in [0, 0.05) is 12.6 Å². The molecule has 0 atom stereocenters. The van der Waals surface area contributed by atoms with Crippen molar-refractivity contribution in [3.8, 4) is 0 Å². The van der Waals surface area contributed by atoms with Crippen LogP contribution in [0.3, 0.4) is 0 Å². The summed E-state index contributed by atoms with van der Waals surface area (Å²) < 4.78 is 1.58. The molecule has 0 unspecified atom stereocenters. The highest BCUT2D eigenvalue weighted by atomic mass is 32.1. The Morgan fingerprint density at radius 2 is 1.78 bits per heavy atom. The molecule has 0 spiro atoms. The minimum Gasteiger partial charge on any atom is -0.309 e. The van der Waals surface area contributed by atoms with Gasteiger partial charge < -0.3 is 5.32 Å². The number of hydrogen-bond donors (Lipinski definition) is 2. The molecule has 3 aromatic heterocycles. The van der Waals surface area contributed by atoms with Crippen LogP contribution in [0.15, 0.2) is 48.7 Å². The van der Waals surface area contributed by atoms with E-state index < -0.39 is 0 Å². The molecule has 1 aromatic carbocycles. The highest BCUT2D eigenvalue weighted by Gasteiger charge is 2.10. The first-order chi connectivity index (χ1) is 17.4. The fourth-order valence-corrected chi connectivity index (χ4v) is 4.40. The van der Waals surface area contributed by atoms with Crippen molar-refractivity contribution in [1.29, 1.82) is 0 Å². The highest BCUT2D eigenvalue weighted by molar-refractivity contribution is 7.15. The molecule has 0 aliphatic carbocycles. The fraction of sp³-hybridized carbons (Fsp3) is 0.320. The lowest BCUT2D eigenvalue weighted by atomic mass is 10.1. The Morgan fingerprint density at radius 3 is 2.53 bits per heavy atom. The van der Waals surface area contributed by atoms with Crippen LogP contribution < -0.4 is 10.6 Å². The molecule has 0 saturated heterocycles. The lowest BCUT2D eigenvalue weighted by molar-refractivity contribution is -0.117. The van der Waals surface area contributed by atoms with Crippen molar-refractivity contribution in [2.45, 2.75) is 52.5 Å². The molecule has 186 valence electrons. The number of anilines is 2. The quantitative estimate of drug-likeness (QED) is 0.299. The smallest absolute Gasteiger partial charge is 0.247 e. The second-order valence-corrected chi connectivity index (χ2v) is 9.60. The summed E-state index contributed by atoms with van der Waals surface area (Å²) >= 11 is 1.38. The molecule has 0 bridgehead atoms. The number of carbonyl (C=O) groups excluding carboxylic acids is 2. The molecule has 4 rings (SSSR count). The van der Waals surface area contributed by atoms with Crippen LogP contribution in [0.5, 0.6) is 0 Å². The van der Waals surface area contributed by atoms with E-state index in [1.807, 2.05) is 50.2 Å². The molecule has 4 aromatic rings. The Kier molecular flexibility index (Phi) is 8.45. The van der Waals surface area contributed by atoms with Gasteiger partial charge in [-0.15, -0.1) is 15.3 Å². The Hall–Kier alpha value is -3.99. The second kappa shape index (κ2) is 12.1. The van der Waals surface area contributed by atoms with Crippen molar-refractivity contribution in [2.75, 3.05) is 10.6 Å². The molecule has 0 radical (unpaired) electrons.